The fourth-order valence-electron chi connectivity index (χ4n) is 3.20. The van der Waals surface area contributed by atoms with Crippen molar-refractivity contribution in [3.8, 4) is 5.75 Å². The van der Waals surface area contributed by atoms with Gasteiger partial charge in [0.15, 0.2) is 6.61 Å². The lowest BCUT2D eigenvalue weighted by Crippen LogP contribution is -2.46. The van der Waals surface area contributed by atoms with Gasteiger partial charge in [-0.1, -0.05) is 0 Å². The number of nitro groups is 1. The number of nitro benzene ring substituents is 1. The molecule has 0 fully saturated rings. The van der Waals surface area contributed by atoms with Crippen molar-refractivity contribution in [1.29, 1.82) is 0 Å². The summed E-state index contributed by atoms with van der Waals surface area (Å²) in [5.74, 6) is -0.581. The molecule has 2 aromatic carbocycles. The molecule has 2 aromatic rings. The van der Waals surface area contributed by atoms with E-state index < -0.39 is 10.8 Å². The number of nitrogens with one attached hydrogen (secondary N) is 1. The Labute approximate surface area is 178 Å². The zero-order valence-corrected chi connectivity index (χ0v) is 17.2. The molecule has 0 unspecified atom stereocenters. The van der Waals surface area contributed by atoms with Crippen LogP contribution < -0.4 is 15.0 Å². The summed E-state index contributed by atoms with van der Waals surface area (Å²) in [6, 6.07) is 9.99. The summed E-state index contributed by atoms with van der Waals surface area (Å²) in [5.41, 5.74) is 0.901. The van der Waals surface area contributed by atoms with Crippen molar-refractivity contribution in [2.75, 3.05) is 36.5 Å². The van der Waals surface area contributed by atoms with Gasteiger partial charge < -0.3 is 15.0 Å². The Kier molecular flexibility index (Phi) is 6.49. The number of carbonyl (C=O) groups is 3. The van der Waals surface area contributed by atoms with Gasteiger partial charge in [0.25, 0.3) is 17.5 Å². The quantitative estimate of drug-likeness (QED) is 0.536. The molecular formula is C21H22N4O6. The number of carbonyl (C=O) groups excluding carboxylic acids is 3. The average molecular weight is 426 g/mol. The predicted octanol–water partition coefficient (Wildman–Crippen LogP) is 2.44. The predicted molar refractivity (Wildman–Crippen MR) is 113 cm³/mol. The number of non-ortho nitro benzene ring substituents is 1. The molecule has 0 bridgehead atoms. The number of hydrogen-bond acceptors (Lipinski definition) is 6. The van der Waals surface area contributed by atoms with E-state index >= 15 is 0 Å². The van der Waals surface area contributed by atoms with Crippen LogP contribution in [0.5, 0.6) is 5.75 Å². The third-order valence-electron chi connectivity index (χ3n) is 4.91. The Morgan fingerprint density at radius 1 is 1.16 bits per heavy atom. The maximum absolute atomic E-state index is 12.5. The lowest BCUT2D eigenvalue weighted by molar-refractivity contribution is -0.384. The molecule has 1 aliphatic heterocycles. The van der Waals surface area contributed by atoms with Crippen LogP contribution in [0.15, 0.2) is 42.5 Å². The summed E-state index contributed by atoms with van der Waals surface area (Å²) in [4.78, 5) is 50.6. The van der Waals surface area contributed by atoms with E-state index in [-0.39, 0.29) is 36.2 Å². The molecule has 10 heteroatoms. The van der Waals surface area contributed by atoms with Gasteiger partial charge in [-0.2, -0.15) is 0 Å². The standard InChI is InChI=1S/C21H22N4O6/c1-3-23(4-2)19(26)12-24-17-11-15(7-10-18(17)31-13-20(24)27)22-21(28)14-5-8-16(9-6-14)25(29)30/h5-11H,3-4,12-13H2,1-2H3,(H,22,28). The number of ether oxygens (including phenoxy) is 1. The van der Waals surface area contributed by atoms with Gasteiger partial charge in [0.1, 0.15) is 12.3 Å². The molecular weight excluding hydrogens is 404 g/mol. The Hall–Kier alpha value is -3.95. The second kappa shape index (κ2) is 9.24. The number of fused-ring (bicyclic) bond motifs is 1. The summed E-state index contributed by atoms with van der Waals surface area (Å²) in [5, 5.41) is 13.5. The molecule has 3 rings (SSSR count). The summed E-state index contributed by atoms with van der Waals surface area (Å²) in [6.45, 7) is 4.49. The SMILES string of the molecule is CCN(CC)C(=O)CN1C(=O)COc2ccc(NC(=O)c3ccc([N+](=O)[O-])cc3)cc21. The molecule has 0 aliphatic carbocycles. The molecule has 31 heavy (non-hydrogen) atoms. The average Bonchev–Trinajstić information content (AvgIpc) is 2.76. The maximum Gasteiger partial charge on any atom is 0.269 e. The number of rotatable bonds is 7. The van der Waals surface area contributed by atoms with E-state index in [4.69, 9.17) is 4.74 Å². The Morgan fingerprint density at radius 3 is 2.45 bits per heavy atom. The highest BCUT2D eigenvalue weighted by atomic mass is 16.6. The van der Waals surface area contributed by atoms with Crippen LogP contribution in [0.3, 0.4) is 0 Å². The second-order valence-electron chi connectivity index (χ2n) is 6.78. The zero-order chi connectivity index (χ0) is 22.5. The van der Waals surface area contributed by atoms with Crippen LogP contribution in [-0.2, 0) is 9.59 Å². The number of nitrogens with zero attached hydrogens (tertiary/aromatic N) is 3. The first-order chi connectivity index (χ1) is 14.8. The molecule has 1 aliphatic rings. The second-order valence-corrected chi connectivity index (χ2v) is 6.78. The highest BCUT2D eigenvalue weighted by Gasteiger charge is 2.29. The van der Waals surface area contributed by atoms with E-state index in [2.05, 4.69) is 5.32 Å². The minimum absolute atomic E-state index is 0.116. The molecule has 0 aromatic heterocycles. The topological polar surface area (TPSA) is 122 Å². The first kappa shape index (κ1) is 21.8. The molecule has 1 heterocycles. The molecule has 0 atom stereocenters. The molecule has 0 saturated carbocycles. The van der Waals surface area contributed by atoms with Crippen molar-refractivity contribution < 1.29 is 24.0 Å². The first-order valence-electron chi connectivity index (χ1n) is 9.74. The van der Waals surface area contributed by atoms with Crippen LogP contribution >= 0.6 is 0 Å². The number of likely N-dealkylation sites (N-methyl/N-ethyl adjacent to an activating group) is 1. The molecule has 1 N–H and O–H groups in total. The minimum Gasteiger partial charge on any atom is -0.482 e. The number of amides is 3. The van der Waals surface area contributed by atoms with Crippen molar-refractivity contribution >= 4 is 34.8 Å². The first-order valence-corrected chi connectivity index (χ1v) is 9.74. The van der Waals surface area contributed by atoms with Gasteiger partial charge in [-0.15, -0.1) is 0 Å². The van der Waals surface area contributed by atoms with Crippen molar-refractivity contribution in [1.82, 2.24) is 4.90 Å². The summed E-state index contributed by atoms with van der Waals surface area (Å²) in [7, 11) is 0. The lowest BCUT2D eigenvalue weighted by Gasteiger charge is -2.31. The van der Waals surface area contributed by atoms with Gasteiger partial charge >= 0.3 is 0 Å². The van der Waals surface area contributed by atoms with Crippen LogP contribution in [0.2, 0.25) is 0 Å². The lowest BCUT2D eigenvalue weighted by atomic mass is 10.1. The van der Waals surface area contributed by atoms with E-state index in [0.717, 1.165) is 0 Å². The Bertz CT molecular complexity index is 1020. The van der Waals surface area contributed by atoms with Crippen molar-refractivity contribution in [2.45, 2.75) is 13.8 Å². The van der Waals surface area contributed by atoms with E-state index in [1.54, 1.807) is 23.1 Å². The number of benzene rings is 2. The van der Waals surface area contributed by atoms with Crippen LogP contribution in [0.4, 0.5) is 17.1 Å². The van der Waals surface area contributed by atoms with Crippen LogP contribution in [0, 0.1) is 10.1 Å². The van der Waals surface area contributed by atoms with E-state index in [9.17, 15) is 24.5 Å². The molecule has 0 saturated heterocycles. The minimum atomic E-state index is -0.545. The van der Waals surface area contributed by atoms with Crippen LogP contribution in [0.25, 0.3) is 0 Å². The van der Waals surface area contributed by atoms with Crippen LogP contribution in [-0.4, -0.2) is 53.8 Å². The summed E-state index contributed by atoms with van der Waals surface area (Å²) < 4.78 is 5.45. The fraction of sp³-hybridized carbons (Fsp3) is 0.286. The molecule has 0 radical (unpaired) electrons. The van der Waals surface area contributed by atoms with Crippen molar-refractivity contribution in [2.24, 2.45) is 0 Å². The largest absolute Gasteiger partial charge is 0.482 e. The van der Waals surface area contributed by atoms with E-state index in [0.29, 0.717) is 30.2 Å². The number of anilines is 2. The molecule has 0 spiro atoms. The Morgan fingerprint density at radius 2 is 1.84 bits per heavy atom. The molecule has 10 nitrogen and oxygen atoms in total. The van der Waals surface area contributed by atoms with Gasteiger partial charge in [0.05, 0.1) is 10.6 Å². The zero-order valence-electron chi connectivity index (χ0n) is 17.2. The molecule has 3 amide bonds. The monoisotopic (exact) mass is 426 g/mol. The third kappa shape index (κ3) is 4.80. The van der Waals surface area contributed by atoms with E-state index in [1.165, 1.54) is 29.2 Å². The Balaban J connectivity index is 1.81. The van der Waals surface area contributed by atoms with Crippen molar-refractivity contribution in [3.63, 3.8) is 0 Å². The van der Waals surface area contributed by atoms with Gasteiger partial charge in [0, 0.05) is 36.5 Å². The van der Waals surface area contributed by atoms with Crippen molar-refractivity contribution in [3.05, 3.63) is 58.1 Å². The fourth-order valence-corrected chi connectivity index (χ4v) is 3.20. The van der Waals surface area contributed by atoms with Gasteiger partial charge in [0.2, 0.25) is 5.91 Å². The van der Waals surface area contributed by atoms with Gasteiger partial charge in [-0.25, -0.2) is 0 Å². The molecule has 162 valence electrons. The highest BCUT2D eigenvalue weighted by Crippen LogP contribution is 2.34. The normalized spacial score (nSPS) is 12.6. The van der Waals surface area contributed by atoms with Gasteiger partial charge in [-0.05, 0) is 44.2 Å². The smallest absolute Gasteiger partial charge is 0.269 e. The third-order valence-corrected chi connectivity index (χ3v) is 4.91. The summed E-state index contributed by atoms with van der Waals surface area (Å²) >= 11 is 0. The van der Waals surface area contributed by atoms with Crippen LogP contribution in [0.1, 0.15) is 24.2 Å². The highest BCUT2D eigenvalue weighted by molar-refractivity contribution is 6.06. The van der Waals surface area contributed by atoms with Gasteiger partial charge in [-0.3, -0.25) is 29.4 Å². The maximum atomic E-state index is 12.5. The van der Waals surface area contributed by atoms with E-state index in [1.807, 2.05) is 13.8 Å². The summed E-state index contributed by atoms with van der Waals surface area (Å²) in [6.07, 6.45) is 0. The number of hydrogen-bond donors (Lipinski definition) is 1.